The molecule has 45 heavy (non-hydrogen) atoms. The quantitative estimate of drug-likeness (QED) is 0.147. The molecule has 0 saturated heterocycles. The van der Waals surface area contributed by atoms with Gasteiger partial charge in [0, 0.05) is 30.3 Å². The molecule has 3 aromatic carbocycles. The van der Waals surface area contributed by atoms with Gasteiger partial charge in [-0.2, -0.15) is 0 Å². The Labute approximate surface area is 267 Å². The molecule has 5 N–H and O–H groups in total. The number of rotatable bonds is 17. The molecule has 9 heteroatoms. The third-order valence-corrected chi connectivity index (χ3v) is 8.02. The summed E-state index contributed by atoms with van der Waals surface area (Å²) in [4.78, 5) is 51.7. The summed E-state index contributed by atoms with van der Waals surface area (Å²) in [6, 6.07) is 24.9. The highest BCUT2D eigenvalue weighted by Gasteiger charge is 2.36. The third-order valence-electron chi connectivity index (χ3n) is 8.02. The molecule has 0 aliphatic heterocycles. The molecule has 0 saturated carbocycles. The van der Waals surface area contributed by atoms with E-state index < -0.39 is 11.6 Å². The van der Waals surface area contributed by atoms with Crippen molar-refractivity contribution in [3.63, 3.8) is 0 Å². The SMILES string of the molecule is CCNC[C@](C=O)(NC(=O)[C@H](C)NC[C@H](Cc1ccccc1)NC(=O)c1cccc(C(=O)N[C@H](C)c2ccccc2)c1)C(C)C. The van der Waals surface area contributed by atoms with Crippen molar-refractivity contribution in [2.75, 3.05) is 19.6 Å². The summed E-state index contributed by atoms with van der Waals surface area (Å²) in [5.41, 5.74) is 1.72. The van der Waals surface area contributed by atoms with Crippen LogP contribution < -0.4 is 26.6 Å². The fourth-order valence-corrected chi connectivity index (χ4v) is 4.93. The molecule has 0 bridgehead atoms. The molecule has 0 fully saturated rings. The summed E-state index contributed by atoms with van der Waals surface area (Å²) in [5.74, 6) is -1.02. The van der Waals surface area contributed by atoms with E-state index >= 15 is 0 Å². The van der Waals surface area contributed by atoms with Gasteiger partial charge in [-0.1, -0.05) is 87.5 Å². The lowest BCUT2D eigenvalue weighted by atomic mass is 9.87. The van der Waals surface area contributed by atoms with Crippen molar-refractivity contribution < 1.29 is 19.2 Å². The Bertz CT molecular complexity index is 1400. The van der Waals surface area contributed by atoms with Gasteiger partial charge >= 0.3 is 0 Å². The molecule has 3 rings (SSSR count). The summed E-state index contributed by atoms with van der Waals surface area (Å²) >= 11 is 0. The average Bonchev–Trinajstić information content (AvgIpc) is 3.06. The molecule has 0 aliphatic carbocycles. The first-order chi connectivity index (χ1) is 21.6. The van der Waals surface area contributed by atoms with E-state index in [1.165, 1.54) is 0 Å². The molecule has 3 aromatic rings. The topological polar surface area (TPSA) is 128 Å². The standard InChI is InChI=1S/C36H47N5O4/c1-6-37-23-36(24-42,25(2)3)41-33(43)27(5)38-22-32(20-28-14-9-7-10-15-28)40-35(45)31-19-13-18-30(21-31)34(44)39-26(4)29-16-11-8-12-17-29/h7-19,21,24-27,32,37-38H,6,20,22-23H2,1-5H3,(H,39,44)(H,40,45)(H,41,43)/t26-,27+,32+,36-/m1/s1. The van der Waals surface area contributed by atoms with Crippen molar-refractivity contribution >= 4 is 24.0 Å². The van der Waals surface area contributed by atoms with E-state index in [-0.39, 0.29) is 35.7 Å². The van der Waals surface area contributed by atoms with Crippen LogP contribution in [0.1, 0.15) is 72.5 Å². The first-order valence-corrected chi connectivity index (χ1v) is 15.6. The van der Waals surface area contributed by atoms with Crippen molar-refractivity contribution in [1.82, 2.24) is 26.6 Å². The lowest BCUT2D eigenvalue weighted by Gasteiger charge is -2.34. The first-order valence-electron chi connectivity index (χ1n) is 15.6. The zero-order valence-corrected chi connectivity index (χ0v) is 26.9. The molecule has 0 aromatic heterocycles. The Hall–Kier alpha value is -4.34. The highest BCUT2D eigenvalue weighted by molar-refractivity contribution is 6.00. The summed E-state index contributed by atoms with van der Waals surface area (Å²) in [7, 11) is 0. The second-order valence-corrected chi connectivity index (χ2v) is 11.8. The summed E-state index contributed by atoms with van der Waals surface area (Å²) in [6.45, 7) is 10.7. The van der Waals surface area contributed by atoms with Crippen LogP contribution in [0.2, 0.25) is 0 Å². The number of amides is 3. The van der Waals surface area contributed by atoms with Crippen LogP contribution in [0.25, 0.3) is 0 Å². The highest BCUT2D eigenvalue weighted by atomic mass is 16.2. The molecule has 240 valence electrons. The van der Waals surface area contributed by atoms with Crippen LogP contribution >= 0.6 is 0 Å². The molecule has 3 amide bonds. The molecule has 0 heterocycles. The minimum absolute atomic E-state index is 0.116. The van der Waals surface area contributed by atoms with Crippen molar-refractivity contribution in [2.45, 2.75) is 64.7 Å². The molecule has 9 nitrogen and oxygen atoms in total. The van der Waals surface area contributed by atoms with Gasteiger partial charge in [0.25, 0.3) is 11.8 Å². The largest absolute Gasteiger partial charge is 0.348 e. The summed E-state index contributed by atoms with van der Waals surface area (Å²) in [6.07, 6.45) is 1.33. The van der Waals surface area contributed by atoms with Gasteiger partial charge in [0.1, 0.15) is 11.8 Å². The van der Waals surface area contributed by atoms with Crippen molar-refractivity contribution in [2.24, 2.45) is 5.92 Å². The smallest absolute Gasteiger partial charge is 0.251 e. The number of carbonyl (C=O) groups is 4. The van der Waals surface area contributed by atoms with Crippen LogP contribution in [-0.2, 0) is 16.0 Å². The van der Waals surface area contributed by atoms with Crippen LogP contribution in [0, 0.1) is 5.92 Å². The number of hydrogen-bond donors (Lipinski definition) is 5. The Morgan fingerprint density at radius 2 is 1.40 bits per heavy atom. The zero-order valence-electron chi connectivity index (χ0n) is 26.9. The second-order valence-electron chi connectivity index (χ2n) is 11.8. The number of carbonyl (C=O) groups excluding carboxylic acids is 4. The minimum Gasteiger partial charge on any atom is -0.348 e. The van der Waals surface area contributed by atoms with Crippen LogP contribution in [0.15, 0.2) is 84.9 Å². The number of benzene rings is 3. The van der Waals surface area contributed by atoms with E-state index in [0.29, 0.717) is 37.2 Å². The number of likely N-dealkylation sites (N-methyl/N-ethyl adjacent to an activating group) is 1. The Balaban J connectivity index is 1.69. The van der Waals surface area contributed by atoms with E-state index in [2.05, 4.69) is 26.6 Å². The Morgan fingerprint density at radius 1 is 0.800 bits per heavy atom. The highest BCUT2D eigenvalue weighted by Crippen LogP contribution is 2.15. The predicted octanol–water partition coefficient (Wildman–Crippen LogP) is 3.82. The maximum Gasteiger partial charge on any atom is 0.251 e. The van der Waals surface area contributed by atoms with Crippen molar-refractivity contribution in [3.05, 3.63) is 107 Å². The van der Waals surface area contributed by atoms with Gasteiger partial charge < -0.3 is 31.4 Å². The van der Waals surface area contributed by atoms with Crippen molar-refractivity contribution in [1.29, 1.82) is 0 Å². The maximum absolute atomic E-state index is 13.4. The van der Waals surface area contributed by atoms with E-state index in [4.69, 9.17) is 0 Å². The number of hydrogen-bond acceptors (Lipinski definition) is 6. The van der Waals surface area contributed by atoms with Gasteiger partial charge in [-0.25, -0.2) is 0 Å². The number of aldehydes is 1. The molecule has 4 atom stereocenters. The van der Waals surface area contributed by atoms with Gasteiger partial charge in [0.15, 0.2) is 0 Å². The van der Waals surface area contributed by atoms with E-state index in [1.54, 1.807) is 31.2 Å². The zero-order chi connectivity index (χ0) is 32.8. The van der Waals surface area contributed by atoms with Crippen LogP contribution in [-0.4, -0.2) is 61.3 Å². The van der Waals surface area contributed by atoms with Crippen LogP contribution in [0.4, 0.5) is 0 Å². The summed E-state index contributed by atoms with van der Waals surface area (Å²) < 4.78 is 0. The fraction of sp³-hybridized carbons (Fsp3) is 0.389. The van der Waals surface area contributed by atoms with Gasteiger partial charge in [-0.05, 0) is 62.1 Å². The normalized spacial score (nSPS) is 14.4. The Kier molecular flexibility index (Phi) is 13.5. The van der Waals surface area contributed by atoms with Gasteiger partial charge in [0.2, 0.25) is 5.91 Å². The minimum atomic E-state index is -1.03. The maximum atomic E-state index is 13.4. The molecule has 0 aliphatic rings. The van der Waals surface area contributed by atoms with Gasteiger partial charge in [-0.3, -0.25) is 14.4 Å². The average molecular weight is 614 g/mol. The van der Waals surface area contributed by atoms with E-state index in [0.717, 1.165) is 17.4 Å². The molecule has 0 spiro atoms. The van der Waals surface area contributed by atoms with E-state index in [9.17, 15) is 19.2 Å². The number of nitrogens with one attached hydrogen (secondary N) is 5. The lowest BCUT2D eigenvalue weighted by molar-refractivity contribution is -0.129. The monoisotopic (exact) mass is 613 g/mol. The van der Waals surface area contributed by atoms with Gasteiger partial charge in [0.05, 0.1) is 12.1 Å². The van der Waals surface area contributed by atoms with Crippen molar-refractivity contribution in [3.8, 4) is 0 Å². The van der Waals surface area contributed by atoms with E-state index in [1.807, 2.05) is 88.4 Å². The second kappa shape index (κ2) is 17.2. The molecular formula is C36H47N5O4. The Morgan fingerprint density at radius 3 is 1.98 bits per heavy atom. The van der Waals surface area contributed by atoms with Gasteiger partial charge in [-0.15, -0.1) is 0 Å². The fourth-order valence-electron chi connectivity index (χ4n) is 4.93. The predicted molar refractivity (Wildman–Crippen MR) is 178 cm³/mol. The summed E-state index contributed by atoms with van der Waals surface area (Å²) in [5, 5.41) is 15.4. The molecule has 0 radical (unpaired) electrons. The lowest BCUT2D eigenvalue weighted by Crippen LogP contribution is -2.62. The molecular weight excluding hydrogens is 566 g/mol. The third kappa shape index (κ3) is 10.4. The van der Waals surface area contributed by atoms with Crippen LogP contribution in [0.5, 0.6) is 0 Å². The van der Waals surface area contributed by atoms with Crippen LogP contribution in [0.3, 0.4) is 0 Å². The first kappa shape index (κ1) is 35.1. The molecule has 0 unspecified atom stereocenters.